The fourth-order valence-electron chi connectivity index (χ4n) is 4.07. The first-order chi connectivity index (χ1) is 15.1. The van der Waals surface area contributed by atoms with Crippen molar-refractivity contribution in [1.29, 1.82) is 0 Å². The van der Waals surface area contributed by atoms with E-state index in [0.29, 0.717) is 17.1 Å². The monoisotopic (exact) mass is 451 g/mol. The van der Waals surface area contributed by atoms with Crippen molar-refractivity contribution >= 4 is 23.9 Å². The zero-order valence-electron chi connectivity index (χ0n) is 18.1. The summed E-state index contributed by atoms with van der Waals surface area (Å²) in [4.78, 5) is 47.5. The number of hydrogen-bond donors (Lipinski definition) is 1. The van der Waals surface area contributed by atoms with E-state index in [-0.39, 0.29) is 6.79 Å². The molecule has 1 fully saturated rings. The maximum absolute atomic E-state index is 12.0. The molecular formula is C21H25NO10. The molecule has 11 nitrogen and oxygen atoms in total. The molecule has 1 saturated carbocycles. The molecule has 0 aromatic heterocycles. The lowest BCUT2D eigenvalue weighted by Gasteiger charge is -2.47. The van der Waals surface area contributed by atoms with Gasteiger partial charge in [0, 0.05) is 33.6 Å². The number of esters is 4. The van der Waals surface area contributed by atoms with Crippen LogP contribution in [0.5, 0.6) is 11.5 Å². The SMILES string of the molecule is CC(=O)O[C@@H]1[C@@H](OC(C)=O)[C@H](OC(C)=O)[C@H](c2ccc3c(c2)OCO3)[C@@H](N)[C@@H]1OC(C)=O. The van der Waals surface area contributed by atoms with E-state index in [4.69, 9.17) is 34.2 Å². The van der Waals surface area contributed by atoms with Crippen LogP contribution in [0.2, 0.25) is 0 Å². The van der Waals surface area contributed by atoms with Crippen molar-refractivity contribution in [3.63, 3.8) is 0 Å². The lowest BCUT2D eigenvalue weighted by Crippen LogP contribution is -2.66. The highest BCUT2D eigenvalue weighted by Crippen LogP contribution is 2.42. The van der Waals surface area contributed by atoms with Gasteiger partial charge >= 0.3 is 23.9 Å². The summed E-state index contributed by atoms with van der Waals surface area (Å²) < 4.78 is 32.5. The summed E-state index contributed by atoms with van der Waals surface area (Å²) in [7, 11) is 0. The highest BCUT2D eigenvalue weighted by atomic mass is 16.7. The van der Waals surface area contributed by atoms with E-state index in [2.05, 4.69) is 0 Å². The Hall–Kier alpha value is -3.34. The molecular weight excluding hydrogens is 426 g/mol. The Kier molecular flexibility index (Phi) is 6.87. The van der Waals surface area contributed by atoms with Gasteiger partial charge in [0.05, 0.1) is 6.04 Å². The largest absolute Gasteiger partial charge is 0.458 e. The number of ether oxygens (including phenoxy) is 6. The lowest BCUT2D eigenvalue weighted by molar-refractivity contribution is -0.215. The van der Waals surface area contributed by atoms with Crippen LogP contribution in [-0.4, -0.2) is 61.1 Å². The van der Waals surface area contributed by atoms with Crippen LogP contribution in [0.3, 0.4) is 0 Å². The van der Waals surface area contributed by atoms with Crippen LogP contribution in [0.1, 0.15) is 39.2 Å². The van der Waals surface area contributed by atoms with Crippen molar-refractivity contribution in [2.24, 2.45) is 5.73 Å². The van der Waals surface area contributed by atoms with Gasteiger partial charge in [-0.1, -0.05) is 6.07 Å². The van der Waals surface area contributed by atoms with Crippen molar-refractivity contribution in [3.8, 4) is 11.5 Å². The highest BCUT2D eigenvalue weighted by Gasteiger charge is 2.56. The normalized spacial score (nSPS) is 28.4. The summed E-state index contributed by atoms with van der Waals surface area (Å²) in [5, 5.41) is 0. The zero-order chi connectivity index (χ0) is 23.6. The molecule has 174 valence electrons. The number of carbonyl (C=O) groups excluding carboxylic acids is 4. The standard InChI is InChI=1S/C21H25NO10/c1-9(23)29-18-16(13-5-6-14-15(7-13)28-8-27-14)17(22)19(30-10(2)24)21(32-12(4)26)20(18)31-11(3)25/h5-7,16-21H,8,22H2,1-4H3/t16-,17-,18-,19+,20+,21+/m1/s1. The summed E-state index contributed by atoms with van der Waals surface area (Å²) in [5.74, 6) is -2.63. The molecule has 1 aromatic carbocycles. The molecule has 1 heterocycles. The van der Waals surface area contributed by atoms with Crippen molar-refractivity contribution in [3.05, 3.63) is 23.8 Å². The summed E-state index contributed by atoms with van der Waals surface area (Å²) in [5.41, 5.74) is 7.06. The predicted molar refractivity (Wildman–Crippen MR) is 105 cm³/mol. The highest BCUT2D eigenvalue weighted by molar-refractivity contribution is 5.69. The summed E-state index contributed by atoms with van der Waals surface area (Å²) in [6, 6.07) is 4.01. The number of carbonyl (C=O) groups is 4. The Balaban J connectivity index is 2.13. The van der Waals surface area contributed by atoms with Gasteiger partial charge in [-0.15, -0.1) is 0 Å². The van der Waals surface area contributed by atoms with Gasteiger partial charge < -0.3 is 34.2 Å². The average molecular weight is 451 g/mol. The van der Waals surface area contributed by atoms with Crippen LogP contribution in [0.25, 0.3) is 0 Å². The van der Waals surface area contributed by atoms with E-state index < -0.39 is 60.3 Å². The minimum absolute atomic E-state index is 0.0452. The van der Waals surface area contributed by atoms with Crippen molar-refractivity contribution in [1.82, 2.24) is 0 Å². The van der Waals surface area contributed by atoms with E-state index in [0.717, 1.165) is 13.8 Å². The quantitative estimate of drug-likeness (QED) is 0.494. The third-order valence-corrected chi connectivity index (χ3v) is 5.11. The lowest BCUT2D eigenvalue weighted by atomic mass is 9.73. The van der Waals surface area contributed by atoms with Gasteiger partial charge in [-0.05, 0) is 17.7 Å². The Bertz CT molecular complexity index is 916. The van der Waals surface area contributed by atoms with Gasteiger partial charge in [0.1, 0.15) is 0 Å². The number of fused-ring (bicyclic) bond motifs is 1. The van der Waals surface area contributed by atoms with Crippen LogP contribution in [0.15, 0.2) is 18.2 Å². The number of benzene rings is 1. The fourth-order valence-corrected chi connectivity index (χ4v) is 4.07. The molecule has 3 rings (SSSR count). The molecule has 0 unspecified atom stereocenters. The summed E-state index contributed by atoms with van der Waals surface area (Å²) >= 11 is 0. The van der Waals surface area contributed by atoms with Gasteiger partial charge in [0.15, 0.2) is 35.9 Å². The Morgan fingerprint density at radius 3 is 1.78 bits per heavy atom. The van der Waals surface area contributed by atoms with Crippen molar-refractivity contribution in [2.75, 3.05) is 6.79 Å². The van der Waals surface area contributed by atoms with Gasteiger partial charge in [0.2, 0.25) is 6.79 Å². The van der Waals surface area contributed by atoms with Crippen molar-refractivity contribution < 1.29 is 47.6 Å². The smallest absolute Gasteiger partial charge is 0.303 e. The Morgan fingerprint density at radius 1 is 0.750 bits per heavy atom. The minimum Gasteiger partial charge on any atom is -0.458 e. The molecule has 2 N–H and O–H groups in total. The first kappa shape index (κ1) is 23.3. The van der Waals surface area contributed by atoms with Gasteiger partial charge in [0.25, 0.3) is 0 Å². The molecule has 32 heavy (non-hydrogen) atoms. The van der Waals surface area contributed by atoms with E-state index in [1.54, 1.807) is 18.2 Å². The van der Waals surface area contributed by atoms with Crippen LogP contribution < -0.4 is 15.2 Å². The summed E-state index contributed by atoms with van der Waals surface area (Å²) in [6.07, 6.45) is -4.93. The van der Waals surface area contributed by atoms with Crippen LogP contribution >= 0.6 is 0 Å². The molecule has 1 aromatic rings. The second-order valence-corrected chi connectivity index (χ2v) is 7.51. The maximum atomic E-state index is 12.0. The number of nitrogens with two attached hydrogens (primary N) is 1. The molecule has 0 amide bonds. The second kappa shape index (κ2) is 9.43. The molecule has 0 spiro atoms. The topological polar surface area (TPSA) is 150 Å². The van der Waals surface area contributed by atoms with Crippen LogP contribution in [-0.2, 0) is 38.1 Å². The van der Waals surface area contributed by atoms with E-state index in [9.17, 15) is 19.2 Å². The molecule has 0 bridgehead atoms. The minimum atomic E-state index is -1.30. The molecule has 6 atom stereocenters. The molecule has 0 radical (unpaired) electrons. The number of hydrogen-bond acceptors (Lipinski definition) is 11. The molecule has 1 aliphatic heterocycles. The average Bonchev–Trinajstić information content (AvgIpc) is 3.14. The van der Waals surface area contributed by atoms with Gasteiger partial charge in [-0.2, -0.15) is 0 Å². The van der Waals surface area contributed by atoms with E-state index in [1.807, 2.05) is 0 Å². The zero-order valence-corrected chi connectivity index (χ0v) is 18.1. The van der Waals surface area contributed by atoms with E-state index in [1.165, 1.54) is 13.8 Å². The fraction of sp³-hybridized carbons (Fsp3) is 0.524. The second-order valence-electron chi connectivity index (χ2n) is 7.51. The predicted octanol–water partition coefficient (Wildman–Crippen LogP) is 0.567. The first-order valence-electron chi connectivity index (χ1n) is 9.92. The third kappa shape index (κ3) is 4.93. The molecule has 0 saturated heterocycles. The van der Waals surface area contributed by atoms with Gasteiger partial charge in [-0.25, -0.2) is 0 Å². The van der Waals surface area contributed by atoms with E-state index >= 15 is 0 Å². The number of rotatable bonds is 5. The summed E-state index contributed by atoms with van der Waals surface area (Å²) in [6.45, 7) is 4.70. The molecule has 2 aliphatic rings. The van der Waals surface area contributed by atoms with Crippen molar-refractivity contribution in [2.45, 2.75) is 64.1 Å². The third-order valence-electron chi connectivity index (χ3n) is 5.11. The first-order valence-corrected chi connectivity index (χ1v) is 9.92. The Labute approximate surface area is 184 Å². The van der Waals surface area contributed by atoms with Crippen LogP contribution in [0, 0.1) is 0 Å². The van der Waals surface area contributed by atoms with Gasteiger partial charge in [-0.3, -0.25) is 19.2 Å². The Morgan fingerprint density at radius 2 is 1.22 bits per heavy atom. The molecule has 1 aliphatic carbocycles. The maximum Gasteiger partial charge on any atom is 0.303 e. The molecule has 11 heteroatoms. The van der Waals surface area contributed by atoms with Crippen LogP contribution in [0.4, 0.5) is 0 Å².